The lowest BCUT2D eigenvalue weighted by atomic mass is 10.1. The van der Waals surface area contributed by atoms with Gasteiger partial charge in [-0.05, 0) is 23.8 Å². The van der Waals surface area contributed by atoms with Crippen LogP contribution in [0.2, 0.25) is 0 Å². The van der Waals surface area contributed by atoms with Gasteiger partial charge in [0.05, 0.1) is 16.3 Å². The van der Waals surface area contributed by atoms with Crippen LogP contribution in [0.25, 0.3) is 6.08 Å². The lowest BCUT2D eigenvalue weighted by Gasteiger charge is -2.01. The molecule has 2 rings (SSSR count). The van der Waals surface area contributed by atoms with E-state index in [4.69, 9.17) is 23.7 Å². The van der Waals surface area contributed by atoms with E-state index in [1.54, 1.807) is 24.3 Å². The smallest absolute Gasteiger partial charge is 0.263 e. The second kappa shape index (κ2) is 4.15. The number of amides is 1. The summed E-state index contributed by atoms with van der Waals surface area (Å²) in [6.07, 6.45) is 1.73. The van der Waals surface area contributed by atoms with Crippen LogP contribution in [0.15, 0.2) is 23.1 Å². The summed E-state index contributed by atoms with van der Waals surface area (Å²) in [5.41, 5.74) is 13.1. The van der Waals surface area contributed by atoms with Crippen molar-refractivity contribution in [2.45, 2.75) is 0 Å². The maximum absolute atomic E-state index is 11.4. The molecule has 1 aliphatic heterocycles. The van der Waals surface area contributed by atoms with E-state index in [-0.39, 0.29) is 5.91 Å². The largest absolute Gasteiger partial charge is 0.397 e. The van der Waals surface area contributed by atoms with Crippen LogP contribution >= 0.6 is 24.0 Å². The first-order chi connectivity index (χ1) is 7.56. The number of carbonyl (C=O) groups excluding carboxylic acids is 1. The predicted octanol–water partition coefficient (Wildman–Crippen LogP) is 1.34. The molecule has 0 spiro atoms. The highest BCUT2D eigenvalue weighted by Crippen LogP contribution is 2.27. The van der Waals surface area contributed by atoms with Crippen molar-refractivity contribution in [2.24, 2.45) is 0 Å². The first-order valence-corrected chi connectivity index (χ1v) is 5.68. The van der Waals surface area contributed by atoms with Crippen molar-refractivity contribution in [1.82, 2.24) is 5.32 Å². The van der Waals surface area contributed by atoms with Gasteiger partial charge >= 0.3 is 0 Å². The van der Waals surface area contributed by atoms with Gasteiger partial charge in [0.2, 0.25) is 0 Å². The highest BCUT2D eigenvalue weighted by atomic mass is 32.2. The van der Waals surface area contributed by atoms with Gasteiger partial charge in [0.25, 0.3) is 5.91 Å². The summed E-state index contributed by atoms with van der Waals surface area (Å²) < 4.78 is 0.472. The highest BCUT2D eigenvalue weighted by molar-refractivity contribution is 8.26. The molecule has 0 bridgehead atoms. The Morgan fingerprint density at radius 1 is 1.31 bits per heavy atom. The third kappa shape index (κ3) is 2.17. The minimum Gasteiger partial charge on any atom is -0.397 e. The number of benzene rings is 1. The lowest BCUT2D eigenvalue weighted by molar-refractivity contribution is -0.115. The van der Waals surface area contributed by atoms with Crippen molar-refractivity contribution in [3.05, 3.63) is 28.7 Å². The first kappa shape index (κ1) is 11.0. The number of thioether (sulfide) groups is 1. The molecule has 6 heteroatoms. The van der Waals surface area contributed by atoms with E-state index in [1.165, 1.54) is 11.8 Å². The van der Waals surface area contributed by atoms with Gasteiger partial charge in [-0.3, -0.25) is 4.79 Å². The Balaban J connectivity index is 2.32. The molecular formula is C10H9N3OS2. The number of nitrogen functional groups attached to an aromatic ring is 2. The molecule has 0 saturated carbocycles. The summed E-state index contributed by atoms with van der Waals surface area (Å²) in [5, 5.41) is 2.54. The first-order valence-electron chi connectivity index (χ1n) is 4.46. The molecule has 82 valence electrons. The number of thiocarbonyl (C=S) groups is 1. The van der Waals surface area contributed by atoms with Crippen molar-refractivity contribution in [3.63, 3.8) is 0 Å². The molecule has 5 N–H and O–H groups in total. The molecule has 1 aliphatic rings. The van der Waals surface area contributed by atoms with Crippen LogP contribution in [0.5, 0.6) is 0 Å². The highest BCUT2D eigenvalue weighted by Gasteiger charge is 2.21. The van der Waals surface area contributed by atoms with Crippen LogP contribution in [0.4, 0.5) is 11.4 Å². The van der Waals surface area contributed by atoms with Gasteiger partial charge in [-0.1, -0.05) is 30.0 Å². The van der Waals surface area contributed by atoms with Crippen molar-refractivity contribution in [2.75, 3.05) is 11.5 Å². The fraction of sp³-hybridized carbons (Fsp3) is 0. The Bertz CT molecular complexity index is 511. The molecular weight excluding hydrogens is 242 g/mol. The van der Waals surface area contributed by atoms with Gasteiger partial charge in [-0.2, -0.15) is 0 Å². The van der Waals surface area contributed by atoms with Crippen molar-refractivity contribution >= 4 is 51.7 Å². The summed E-state index contributed by atoms with van der Waals surface area (Å²) in [6.45, 7) is 0. The summed E-state index contributed by atoms with van der Waals surface area (Å²) in [5.74, 6) is -0.176. The summed E-state index contributed by atoms with van der Waals surface area (Å²) in [4.78, 5) is 12.0. The molecule has 16 heavy (non-hydrogen) atoms. The predicted molar refractivity (Wildman–Crippen MR) is 71.6 cm³/mol. The monoisotopic (exact) mass is 251 g/mol. The van der Waals surface area contributed by atoms with E-state index >= 15 is 0 Å². The Morgan fingerprint density at radius 3 is 2.62 bits per heavy atom. The van der Waals surface area contributed by atoms with Gasteiger partial charge in [0.15, 0.2) is 0 Å². The van der Waals surface area contributed by atoms with Crippen LogP contribution in [-0.4, -0.2) is 10.2 Å². The second-order valence-electron chi connectivity index (χ2n) is 3.24. The Hall–Kier alpha value is -1.53. The average Bonchev–Trinajstić information content (AvgIpc) is 2.51. The van der Waals surface area contributed by atoms with Crippen LogP contribution in [-0.2, 0) is 4.79 Å². The molecule has 1 amide bonds. The fourth-order valence-electron chi connectivity index (χ4n) is 1.26. The lowest BCUT2D eigenvalue weighted by Crippen LogP contribution is -2.17. The van der Waals surface area contributed by atoms with E-state index in [2.05, 4.69) is 5.32 Å². The van der Waals surface area contributed by atoms with Gasteiger partial charge in [0, 0.05) is 0 Å². The number of rotatable bonds is 1. The number of hydrogen-bond donors (Lipinski definition) is 3. The molecule has 1 aromatic rings. The number of nitrogens with one attached hydrogen (secondary N) is 1. The van der Waals surface area contributed by atoms with Crippen LogP contribution in [0.1, 0.15) is 5.56 Å². The molecule has 1 saturated heterocycles. The van der Waals surface area contributed by atoms with Gasteiger partial charge in [-0.15, -0.1) is 0 Å². The van der Waals surface area contributed by atoms with Crippen molar-refractivity contribution in [1.29, 1.82) is 0 Å². The number of nitrogens with two attached hydrogens (primary N) is 2. The standard InChI is InChI=1S/C10H9N3OS2/c11-6-2-1-5(3-7(6)12)4-8-9(14)13-10(15)16-8/h1-4H,11-12H2,(H,13,14,15). The molecule has 1 fully saturated rings. The topological polar surface area (TPSA) is 81.1 Å². The van der Waals surface area contributed by atoms with E-state index in [9.17, 15) is 4.79 Å². The molecule has 1 heterocycles. The quantitative estimate of drug-likeness (QED) is 0.399. The number of carbonyl (C=O) groups is 1. The van der Waals surface area contributed by atoms with Gasteiger partial charge < -0.3 is 16.8 Å². The normalized spacial score (nSPS) is 17.9. The zero-order valence-corrected chi connectivity index (χ0v) is 9.82. The minimum absolute atomic E-state index is 0.176. The maximum atomic E-state index is 11.4. The van der Waals surface area contributed by atoms with Crippen LogP contribution in [0, 0.1) is 0 Å². The Labute approximate surface area is 102 Å². The summed E-state index contributed by atoms with van der Waals surface area (Å²) >= 11 is 6.12. The second-order valence-corrected chi connectivity index (χ2v) is 4.96. The number of hydrogen-bond acceptors (Lipinski definition) is 5. The molecule has 1 aromatic carbocycles. The maximum Gasteiger partial charge on any atom is 0.263 e. The minimum atomic E-state index is -0.176. The molecule has 0 atom stereocenters. The van der Waals surface area contributed by atoms with Gasteiger partial charge in [0.1, 0.15) is 4.32 Å². The molecule has 0 radical (unpaired) electrons. The molecule has 0 aliphatic carbocycles. The summed E-state index contributed by atoms with van der Waals surface area (Å²) in [7, 11) is 0. The Morgan fingerprint density at radius 2 is 2.06 bits per heavy atom. The summed E-state index contributed by atoms with van der Waals surface area (Å²) in [6, 6.07) is 5.23. The van der Waals surface area contributed by atoms with Crippen molar-refractivity contribution in [3.8, 4) is 0 Å². The molecule has 0 unspecified atom stereocenters. The Kier molecular flexibility index (Phi) is 2.84. The van der Waals surface area contributed by atoms with Crippen LogP contribution < -0.4 is 16.8 Å². The van der Waals surface area contributed by atoms with Gasteiger partial charge in [-0.25, -0.2) is 0 Å². The zero-order valence-electron chi connectivity index (χ0n) is 8.19. The molecule has 0 aromatic heterocycles. The van der Waals surface area contributed by atoms with E-state index < -0.39 is 0 Å². The van der Waals surface area contributed by atoms with Crippen LogP contribution in [0.3, 0.4) is 0 Å². The van der Waals surface area contributed by atoms with E-state index in [0.717, 1.165) is 5.56 Å². The number of anilines is 2. The SMILES string of the molecule is Nc1ccc(C=C2SC(=S)NC2=O)cc1N. The van der Waals surface area contributed by atoms with E-state index in [0.29, 0.717) is 20.6 Å². The molecule has 4 nitrogen and oxygen atoms in total. The fourth-order valence-corrected chi connectivity index (χ4v) is 2.30. The third-order valence-electron chi connectivity index (χ3n) is 2.05. The zero-order chi connectivity index (χ0) is 11.7. The van der Waals surface area contributed by atoms with Crippen molar-refractivity contribution < 1.29 is 4.79 Å². The average molecular weight is 251 g/mol. The van der Waals surface area contributed by atoms with E-state index in [1.807, 2.05) is 0 Å². The third-order valence-corrected chi connectivity index (χ3v) is 3.21.